The number of rotatable bonds is 4. The van der Waals surface area contributed by atoms with E-state index < -0.39 is 0 Å². The van der Waals surface area contributed by atoms with Crippen LogP contribution in [-0.2, 0) is 9.47 Å². The minimum atomic E-state index is -0.247. The van der Waals surface area contributed by atoms with Crippen molar-refractivity contribution in [3.63, 3.8) is 0 Å². The van der Waals surface area contributed by atoms with Crippen molar-refractivity contribution in [2.75, 3.05) is 39.4 Å². The van der Waals surface area contributed by atoms with Crippen molar-refractivity contribution in [1.29, 1.82) is 0 Å². The molecule has 19 heavy (non-hydrogen) atoms. The molecule has 108 valence electrons. The monoisotopic (exact) mass is 270 g/mol. The van der Waals surface area contributed by atoms with Gasteiger partial charge in [-0.25, -0.2) is 9.59 Å². The fraction of sp³-hybridized carbons (Fsp3) is 0.846. The minimum absolute atomic E-state index is 0.247. The lowest BCUT2D eigenvalue weighted by Gasteiger charge is -2.16. The van der Waals surface area contributed by atoms with Crippen molar-refractivity contribution < 1.29 is 19.1 Å². The van der Waals surface area contributed by atoms with Gasteiger partial charge in [-0.05, 0) is 25.7 Å². The Kier molecular flexibility index (Phi) is 5.30. The summed E-state index contributed by atoms with van der Waals surface area (Å²) in [5.41, 5.74) is 0. The Balaban J connectivity index is 1.49. The van der Waals surface area contributed by atoms with Gasteiger partial charge in [0.1, 0.15) is 0 Å². The zero-order chi connectivity index (χ0) is 13.5. The summed E-state index contributed by atoms with van der Waals surface area (Å²) < 4.78 is 10.2. The lowest BCUT2D eigenvalue weighted by Crippen LogP contribution is -2.30. The zero-order valence-corrected chi connectivity index (χ0v) is 11.3. The van der Waals surface area contributed by atoms with E-state index in [0.717, 1.165) is 51.9 Å². The highest BCUT2D eigenvalue weighted by molar-refractivity contribution is 5.68. The fourth-order valence-corrected chi connectivity index (χ4v) is 2.36. The Bertz CT molecular complexity index is 280. The van der Waals surface area contributed by atoms with Gasteiger partial charge in [0.25, 0.3) is 0 Å². The highest BCUT2D eigenvalue weighted by Gasteiger charge is 2.20. The number of carbonyl (C=O) groups is 2. The van der Waals surface area contributed by atoms with Crippen molar-refractivity contribution in [3.8, 4) is 0 Å². The van der Waals surface area contributed by atoms with Crippen LogP contribution < -0.4 is 0 Å². The Morgan fingerprint density at radius 2 is 1.11 bits per heavy atom. The maximum Gasteiger partial charge on any atom is 0.409 e. The summed E-state index contributed by atoms with van der Waals surface area (Å²) in [5.74, 6) is 0. The largest absolute Gasteiger partial charge is 0.449 e. The Hall–Kier alpha value is -1.46. The highest BCUT2D eigenvalue weighted by atomic mass is 16.6. The summed E-state index contributed by atoms with van der Waals surface area (Å²) in [5, 5.41) is 0. The smallest absolute Gasteiger partial charge is 0.409 e. The molecule has 0 aromatic carbocycles. The molecule has 0 aliphatic carbocycles. The van der Waals surface area contributed by atoms with Gasteiger partial charge in [0.05, 0.1) is 13.2 Å². The van der Waals surface area contributed by atoms with Crippen LogP contribution in [0.5, 0.6) is 0 Å². The van der Waals surface area contributed by atoms with Gasteiger partial charge in [0.2, 0.25) is 0 Å². The van der Waals surface area contributed by atoms with Crippen LogP contribution in [-0.4, -0.2) is 61.4 Å². The number of nitrogens with zero attached hydrogens (tertiary/aromatic N) is 2. The summed E-state index contributed by atoms with van der Waals surface area (Å²) >= 11 is 0. The lowest BCUT2D eigenvalue weighted by atomic mass is 10.4. The van der Waals surface area contributed by atoms with E-state index in [-0.39, 0.29) is 12.2 Å². The van der Waals surface area contributed by atoms with E-state index in [9.17, 15) is 9.59 Å². The number of hydrogen-bond donors (Lipinski definition) is 0. The topological polar surface area (TPSA) is 59.1 Å². The van der Waals surface area contributed by atoms with Crippen LogP contribution in [0, 0.1) is 0 Å². The van der Waals surface area contributed by atoms with Gasteiger partial charge in [-0.2, -0.15) is 0 Å². The number of hydrogen-bond acceptors (Lipinski definition) is 4. The molecule has 0 saturated carbocycles. The highest BCUT2D eigenvalue weighted by Crippen LogP contribution is 2.10. The molecule has 2 aliphatic rings. The number of amides is 2. The van der Waals surface area contributed by atoms with Crippen molar-refractivity contribution in [1.82, 2.24) is 9.80 Å². The molecule has 2 fully saturated rings. The van der Waals surface area contributed by atoms with Crippen molar-refractivity contribution in [2.24, 2.45) is 0 Å². The Labute approximate surface area is 113 Å². The van der Waals surface area contributed by atoms with E-state index in [2.05, 4.69) is 0 Å². The van der Waals surface area contributed by atoms with E-state index in [1.165, 1.54) is 0 Å². The van der Waals surface area contributed by atoms with Crippen LogP contribution in [0.3, 0.4) is 0 Å². The predicted octanol–water partition coefficient (Wildman–Crippen LogP) is 1.84. The standard InChI is InChI=1S/C13H22N2O4/c16-12(14-6-1-2-7-14)18-10-5-11-19-13(17)15-8-3-4-9-15/h1-11H2. The van der Waals surface area contributed by atoms with Crippen molar-refractivity contribution >= 4 is 12.2 Å². The van der Waals surface area contributed by atoms with Crippen LogP contribution in [0.25, 0.3) is 0 Å². The fourth-order valence-electron chi connectivity index (χ4n) is 2.36. The van der Waals surface area contributed by atoms with Gasteiger partial charge in [-0.15, -0.1) is 0 Å². The molecule has 0 radical (unpaired) electrons. The Morgan fingerprint density at radius 3 is 1.47 bits per heavy atom. The quantitative estimate of drug-likeness (QED) is 0.731. The van der Waals surface area contributed by atoms with Gasteiger partial charge in [-0.3, -0.25) is 0 Å². The second-order valence-electron chi connectivity index (χ2n) is 4.97. The van der Waals surface area contributed by atoms with E-state index in [1.54, 1.807) is 9.80 Å². The van der Waals surface area contributed by atoms with E-state index in [1.807, 2.05) is 0 Å². The maximum atomic E-state index is 11.5. The van der Waals surface area contributed by atoms with E-state index in [4.69, 9.17) is 9.47 Å². The van der Waals surface area contributed by atoms with Crippen LogP contribution in [0.2, 0.25) is 0 Å². The molecule has 2 rings (SSSR count). The van der Waals surface area contributed by atoms with Gasteiger partial charge >= 0.3 is 12.2 Å². The first-order valence-electron chi connectivity index (χ1n) is 7.11. The van der Waals surface area contributed by atoms with Crippen LogP contribution >= 0.6 is 0 Å². The molecule has 2 heterocycles. The zero-order valence-electron chi connectivity index (χ0n) is 11.3. The second-order valence-corrected chi connectivity index (χ2v) is 4.97. The molecule has 6 nitrogen and oxygen atoms in total. The van der Waals surface area contributed by atoms with E-state index >= 15 is 0 Å². The van der Waals surface area contributed by atoms with Gasteiger partial charge in [-0.1, -0.05) is 0 Å². The minimum Gasteiger partial charge on any atom is -0.449 e. The molecule has 0 bridgehead atoms. The van der Waals surface area contributed by atoms with Gasteiger partial charge in [0, 0.05) is 32.6 Å². The first-order chi connectivity index (χ1) is 9.27. The molecule has 2 aliphatic heterocycles. The second kappa shape index (κ2) is 7.21. The lowest BCUT2D eigenvalue weighted by molar-refractivity contribution is 0.0863. The summed E-state index contributed by atoms with van der Waals surface area (Å²) in [6.07, 6.45) is 4.29. The summed E-state index contributed by atoms with van der Waals surface area (Å²) in [6, 6.07) is 0. The maximum absolute atomic E-state index is 11.5. The molecule has 0 N–H and O–H groups in total. The third kappa shape index (κ3) is 4.29. The van der Waals surface area contributed by atoms with Gasteiger partial charge < -0.3 is 19.3 Å². The Morgan fingerprint density at radius 1 is 0.737 bits per heavy atom. The SMILES string of the molecule is O=C(OCCCOC(=O)N1CCCC1)N1CCCC1. The van der Waals surface area contributed by atoms with Crippen LogP contribution in [0.1, 0.15) is 32.1 Å². The van der Waals surface area contributed by atoms with Gasteiger partial charge in [0.15, 0.2) is 0 Å². The summed E-state index contributed by atoms with van der Waals surface area (Å²) in [7, 11) is 0. The number of likely N-dealkylation sites (tertiary alicyclic amines) is 2. The predicted molar refractivity (Wildman–Crippen MR) is 68.9 cm³/mol. The third-order valence-corrected chi connectivity index (χ3v) is 3.47. The molecule has 2 saturated heterocycles. The first-order valence-corrected chi connectivity index (χ1v) is 7.11. The van der Waals surface area contributed by atoms with Crippen LogP contribution in [0.4, 0.5) is 9.59 Å². The summed E-state index contributed by atoms with van der Waals surface area (Å²) in [4.78, 5) is 26.5. The molecule has 0 aromatic heterocycles. The number of ether oxygens (including phenoxy) is 2. The average molecular weight is 270 g/mol. The first kappa shape index (κ1) is 14.0. The molecule has 2 amide bonds. The molecule has 0 atom stereocenters. The summed E-state index contributed by atoms with van der Waals surface area (Å²) in [6.45, 7) is 3.79. The molecule has 0 spiro atoms. The van der Waals surface area contributed by atoms with Crippen molar-refractivity contribution in [2.45, 2.75) is 32.1 Å². The third-order valence-electron chi connectivity index (χ3n) is 3.47. The molecular weight excluding hydrogens is 248 g/mol. The molecule has 0 aromatic rings. The molecule has 6 heteroatoms. The average Bonchev–Trinajstić information content (AvgIpc) is 3.10. The van der Waals surface area contributed by atoms with E-state index in [0.29, 0.717) is 19.6 Å². The number of carbonyl (C=O) groups excluding carboxylic acids is 2. The van der Waals surface area contributed by atoms with Crippen molar-refractivity contribution in [3.05, 3.63) is 0 Å². The normalized spacial score (nSPS) is 18.7. The van der Waals surface area contributed by atoms with Crippen LogP contribution in [0.15, 0.2) is 0 Å². The molecular formula is C13H22N2O4. The molecule has 0 unspecified atom stereocenters.